The number of amides is 1. The molecule has 1 rings (SSSR count). The van der Waals surface area contributed by atoms with Crippen LogP contribution in [0.15, 0.2) is 12.3 Å². The number of rotatable bonds is 5. The van der Waals surface area contributed by atoms with Crippen LogP contribution in [0.1, 0.15) is 51.1 Å². The Labute approximate surface area is 110 Å². The molecule has 0 unspecified atom stereocenters. The molecule has 0 aromatic carbocycles. The predicted molar refractivity (Wildman–Crippen MR) is 75.6 cm³/mol. The molecular formula is C14H25N3O. The van der Waals surface area contributed by atoms with E-state index in [4.69, 9.17) is 5.73 Å². The fraction of sp³-hybridized carbons (Fsp3) is 0.643. The number of anilines is 1. The van der Waals surface area contributed by atoms with E-state index in [1.54, 1.807) is 6.07 Å². The normalized spacial score (nSPS) is 11.3. The van der Waals surface area contributed by atoms with Crippen molar-refractivity contribution in [2.24, 2.45) is 5.92 Å². The molecule has 2 N–H and O–H groups in total. The number of hydrogen-bond acceptors (Lipinski definition) is 2. The van der Waals surface area contributed by atoms with Gasteiger partial charge < -0.3 is 15.2 Å². The third-order valence-corrected chi connectivity index (χ3v) is 2.90. The van der Waals surface area contributed by atoms with Gasteiger partial charge in [0.2, 0.25) is 0 Å². The van der Waals surface area contributed by atoms with Crippen molar-refractivity contribution in [3.63, 3.8) is 0 Å². The first-order valence-corrected chi connectivity index (χ1v) is 6.63. The first-order valence-electron chi connectivity index (χ1n) is 6.63. The maximum absolute atomic E-state index is 12.5. The monoisotopic (exact) mass is 251 g/mol. The molecule has 4 heteroatoms. The average Bonchev–Trinajstić information content (AvgIpc) is 2.67. The molecule has 0 bridgehead atoms. The molecular weight excluding hydrogens is 226 g/mol. The second-order valence-corrected chi connectivity index (χ2v) is 5.40. The molecule has 1 aromatic rings. The summed E-state index contributed by atoms with van der Waals surface area (Å²) in [5.74, 6) is 0.533. The summed E-state index contributed by atoms with van der Waals surface area (Å²) in [5, 5.41) is 0. The molecule has 0 aliphatic heterocycles. The largest absolute Gasteiger partial charge is 0.397 e. The van der Waals surface area contributed by atoms with Crippen molar-refractivity contribution in [2.75, 3.05) is 18.8 Å². The molecule has 0 fully saturated rings. The van der Waals surface area contributed by atoms with E-state index in [1.165, 1.54) is 0 Å². The smallest absolute Gasteiger partial charge is 0.270 e. The Morgan fingerprint density at radius 3 is 2.44 bits per heavy atom. The number of aromatic nitrogens is 1. The van der Waals surface area contributed by atoms with E-state index >= 15 is 0 Å². The Morgan fingerprint density at radius 2 is 2.00 bits per heavy atom. The average molecular weight is 251 g/mol. The minimum atomic E-state index is 0.0663. The molecule has 0 spiro atoms. The zero-order valence-electron chi connectivity index (χ0n) is 12.1. The minimum absolute atomic E-state index is 0.0663. The molecule has 102 valence electrons. The van der Waals surface area contributed by atoms with Gasteiger partial charge in [-0.25, -0.2) is 0 Å². The maximum Gasteiger partial charge on any atom is 0.270 e. The zero-order chi connectivity index (χ0) is 13.9. The number of carbonyl (C=O) groups is 1. The van der Waals surface area contributed by atoms with Crippen LogP contribution in [0.25, 0.3) is 0 Å². The van der Waals surface area contributed by atoms with Gasteiger partial charge in [-0.1, -0.05) is 13.8 Å². The summed E-state index contributed by atoms with van der Waals surface area (Å²) in [5.41, 5.74) is 7.14. The van der Waals surface area contributed by atoms with Crippen molar-refractivity contribution >= 4 is 11.6 Å². The molecule has 1 amide bonds. The number of nitrogens with two attached hydrogens (primary N) is 1. The van der Waals surface area contributed by atoms with Crippen LogP contribution in [0, 0.1) is 5.92 Å². The van der Waals surface area contributed by atoms with Gasteiger partial charge in [0, 0.05) is 25.3 Å². The van der Waals surface area contributed by atoms with Crippen LogP contribution in [-0.2, 0) is 0 Å². The van der Waals surface area contributed by atoms with Crippen molar-refractivity contribution < 1.29 is 4.79 Å². The number of carbonyl (C=O) groups excluding carboxylic acids is 1. The quantitative estimate of drug-likeness (QED) is 0.874. The lowest BCUT2D eigenvalue weighted by molar-refractivity contribution is 0.0733. The summed E-state index contributed by atoms with van der Waals surface area (Å²) in [4.78, 5) is 14.4. The van der Waals surface area contributed by atoms with Gasteiger partial charge in [-0.2, -0.15) is 0 Å². The molecule has 0 saturated carbocycles. The van der Waals surface area contributed by atoms with E-state index in [0.717, 1.165) is 13.1 Å². The fourth-order valence-corrected chi connectivity index (χ4v) is 2.06. The fourth-order valence-electron chi connectivity index (χ4n) is 2.06. The van der Waals surface area contributed by atoms with Gasteiger partial charge in [-0.3, -0.25) is 4.79 Å². The van der Waals surface area contributed by atoms with Gasteiger partial charge in [0.15, 0.2) is 0 Å². The van der Waals surface area contributed by atoms with E-state index in [9.17, 15) is 4.79 Å². The number of nitrogen functional groups attached to an aromatic ring is 1. The van der Waals surface area contributed by atoms with Crippen LogP contribution in [0.5, 0.6) is 0 Å². The van der Waals surface area contributed by atoms with E-state index in [1.807, 2.05) is 22.6 Å². The summed E-state index contributed by atoms with van der Waals surface area (Å²) in [7, 11) is 0. The van der Waals surface area contributed by atoms with Crippen LogP contribution in [0.3, 0.4) is 0 Å². The highest BCUT2D eigenvalue weighted by Crippen LogP contribution is 2.18. The van der Waals surface area contributed by atoms with E-state index in [-0.39, 0.29) is 11.9 Å². The van der Waals surface area contributed by atoms with Gasteiger partial charge in [-0.15, -0.1) is 0 Å². The highest BCUT2D eigenvalue weighted by molar-refractivity contribution is 5.93. The topological polar surface area (TPSA) is 51.3 Å². The SMILES string of the molecule is CCN(CC(C)C)C(=O)c1cc(N)cn1C(C)C. The Kier molecular flexibility index (Phi) is 4.82. The second-order valence-electron chi connectivity index (χ2n) is 5.40. The van der Waals surface area contributed by atoms with Crippen molar-refractivity contribution in [1.29, 1.82) is 0 Å². The molecule has 0 radical (unpaired) electrons. The van der Waals surface area contributed by atoms with E-state index in [2.05, 4.69) is 27.7 Å². The third-order valence-electron chi connectivity index (χ3n) is 2.90. The molecule has 4 nitrogen and oxygen atoms in total. The van der Waals surface area contributed by atoms with Crippen LogP contribution >= 0.6 is 0 Å². The zero-order valence-corrected chi connectivity index (χ0v) is 12.1. The summed E-state index contributed by atoms with van der Waals surface area (Å²) in [6.45, 7) is 11.8. The molecule has 1 heterocycles. The molecule has 18 heavy (non-hydrogen) atoms. The Morgan fingerprint density at radius 1 is 1.39 bits per heavy atom. The minimum Gasteiger partial charge on any atom is -0.397 e. The second kappa shape index (κ2) is 5.94. The van der Waals surface area contributed by atoms with Crippen molar-refractivity contribution in [1.82, 2.24) is 9.47 Å². The molecule has 0 aliphatic carbocycles. The first-order chi connectivity index (χ1) is 8.36. The number of nitrogens with zero attached hydrogens (tertiary/aromatic N) is 2. The maximum atomic E-state index is 12.5. The van der Waals surface area contributed by atoms with Crippen LogP contribution in [0.4, 0.5) is 5.69 Å². The van der Waals surface area contributed by atoms with Gasteiger partial charge in [0.1, 0.15) is 5.69 Å². The van der Waals surface area contributed by atoms with Gasteiger partial charge >= 0.3 is 0 Å². The Bertz CT molecular complexity index is 407. The van der Waals surface area contributed by atoms with Crippen LogP contribution < -0.4 is 5.73 Å². The Hall–Kier alpha value is -1.45. The molecule has 0 aliphatic rings. The van der Waals surface area contributed by atoms with E-state index in [0.29, 0.717) is 17.3 Å². The third kappa shape index (κ3) is 3.28. The van der Waals surface area contributed by atoms with E-state index < -0.39 is 0 Å². The van der Waals surface area contributed by atoms with Crippen molar-refractivity contribution in [3.05, 3.63) is 18.0 Å². The Balaban J connectivity index is 3.01. The van der Waals surface area contributed by atoms with Gasteiger partial charge in [0.25, 0.3) is 5.91 Å². The summed E-state index contributed by atoms with van der Waals surface area (Å²) < 4.78 is 1.95. The first kappa shape index (κ1) is 14.6. The lowest BCUT2D eigenvalue weighted by Crippen LogP contribution is -2.35. The highest BCUT2D eigenvalue weighted by atomic mass is 16.2. The van der Waals surface area contributed by atoms with Gasteiger partial charge in [0.05, 0.1) is 5.69 Å². The lowest BCUT2D eigenvalue weighted by Gasteiger charge is -2.24. The van der Waals surface area contributed by atoms with Gasteiger partial charge in [-0.05, 0) is 32.8 Å². The number of hydrogen-bond donors (Lipinski definition) is 1. The predicted octanol–water partition coefficient (Wildman–Crippen LogP) is 2.77. The highest BCUT2D eigenvalue weighted by Gasteiger charge is 2.20. The lowest BCUT2D eigenvalue weighted by atomic mass is 10.2. The molecule has 0 atom stereocenters. The summed E-state index contributed by atoms with van der Waals surface area (Å²) in [6.07, 6.45) is 1.83. The summed E-state index contributed by atoms with van der Waals surface area (Å²) >= 11 is 0. The van der Waals surface area contributed by atoms with Crippen molar-refractivity contribution in [3.8, 4) is 0 Å². The van der Waals surface area contributed by atoms with Crippen LogP contribution in [-0.4, -0.2) is 28.5 Å². The molecule has 1 aromatic heterocycles. The van der Waals surface area contributed by atoms with Crippen LogP contribution in [0.2, 0.25) is 0 Å². The summed E-state index contributed by atoms with van der Waals surface area (Å²) in [6, 6.07) is 2.00. The standard InChI is InChI=1S/C14H25N3O/c1-6-16(8-10(2)3)14(18)13-7-12(15)9-17(13)11(4)5/h7,9-11H,6,8,15H2,1-5H3. The molecule has 0 saturated heterocycles. The van der Waals surface area contributed by atoms with Crippen molar-refractivity contribution in [2.45, 2.75) is 40.7 Å².